The van der Waals surface area contributed by atoms with Gasteiger partial charge in [0.15, 0.2) is 0 Å². The number of ether oxygens (including phenoxy) is 2. The topological polar surface area (TPSA) is 107 Å². The molecule has 1 aliphatic rings. The van der Waals surface area contributed by atoms with Gasteiger partial charge in [-0.15, -0.1) is 0 Å². The van der Waals surface area contributed by atoms with Gasteiger partial charge < -0.3 is 25.4 Å². The van der Waals surface area contributed by atoms with Gasteiger partial charge in [-0.05, 0) is 37.1 Å². The smallest absolute Gasteiger partial charge is 0.319 e. The van der Waals surface area contributed by atoms with E-state index in [4.69, 9.17) is 9.47 Å². The molecule has 0 bridgehead atoms. The molecule has 0 aliphatic heterocycles. The Morgan fingerprint density at radius 3 is 2.68 bits per heavy atom. The van der Waals surface area contributed by atoms with Gasteiger partial charge >= 0.3 is 6.03 Å². The third kappa shape index (κ3) is 4.80. The number of aromatic nitrogens is 2. The summed E-state index contributed by atoms with van der Waals surface area (Å²) in [5.74, 6) is 0.294. The normalized spacial score (nSPS) is 14.2. The fraction of sp³-hybridized carbons (Fsp3) is 0.421. The summed E-state index contributed by atoms with van der Waals surface area (Å²) in [5, 5.41) is 12.7. The van der Waals surface area contributed by atoms with Crippen molar-refractivity contribution in [3.63, 3.8) is 0 Å². The minimum absolute atomic E-state index is 0.166. The fourth-order valence-corrected chi connectivity index (χ4v) is 2.85. The summed E-state index contributed by atoms with van der Waals surface area (Å²) in [7, 11) is 4.86. The number of anilines is 1. The summed E-state index contributed by atoms with van der Waals surface area (Å²) in [6.45, 7) is 0.286. The molecule has 9 heteroatoms. The van der Waals surface area contributed by atoms with Crippen molar-refractivity contribution >= 4 is 17.6 Å². The van der Waals surface area contributed by atoms with Crippen molar-refractivity contribution in [1.29, 1.82) is 0 Å². The van der Waals surface area contributed by atoms with E-state index in [-0.39, 0.29) is 24.6 Å². The van der Waals surface area contributed by atoms with Gasteiger partial charge in [0.05, 0.1) is 31.1 Å². The molecule has 3 amide bonds. The Kier molecular flexibility index (Phi) is 6.15. The highest BCUT2D eigenvalue weighted by Crippen LogP contribution is 2.27. The molecule has 9 nitrogen and oxygen atoms in total. The largest absolute Gasteiger partial charge is 0.495 e. The number of rotatable bonds is 8. The molecule has 150 valence electrons. The molecule has 0 saturated heterocycles. The molecule has 1 heterocycles. The Hall–Kier alpha value is -3.07. The summed E-state index contributed by atoms with van der Waals surface area (Å²) in [6, 6.07) is 6.17. The van der Waals surface area contributed by atoms with Crippen LogP contribution in [0.3, 0.4) is 0 Å². The first kappa shape index (κ1) is 19.7. The lowest BCUT2D eigenvalue weighted by Gasteiger charge is -2.19. The quantitative estimate of drug-likeness (QED) is 0.641. The van der Waals surface area contributed by atoms with E-state index in [1.165, 1.54) is 7.11 Å². The average Bonchev–Trinajstić information content (AvgIpc) is 3.38. The van der Waals surface area contributed by atoms with Gasteiger partial charge in [-0.25, -0.2) is 4.79 Å². The molecule has 0 unspecified atom stereocenters. The first-order valence-corrected chi connectivity index (χ1v) is 9.05. The van der Waals surface area contributed by atoms with Gasteiger partial charge in [-0.2, -0.15) is 5.10 Å². The molecular formula is C19H25N5O4. The lowest BCUT2D eigenvalue weighted by atomic mass is 10.1. The Morgan fingerprint density at radius 2 is 2.07 bits per heavy atom. The van der Waals surface area contributed by atoms with Crippen LogP contribution < -0.4 is 20.7 Å². The molecule has 1 aliphatic carbocycles. The molecule has 1 fully saturated rings. The standard InChI is InChI=1S/C19H25N5O4/c1-24-16(8-9-20-24)15(11-27-2)23-19(26)22-14-10-12(4-7-17(14)28-3)18(25)21-13-5-6-13/h4,7-10,13,15H,5-6,11H2,1-3H3,(H,21,25)(H2,22,23,26)/t15-/m1/s1. The van der Waals surface area contributed by atoms with E-state index >= 15 is 0 Å². The van der Waals surface area contributed by atoms with Crippen molar-refractivity contribution in [3.05, 3.63) is 41.7 Å². The van der Waals surface area contributed by atoms with Crippen molar-refractivity contribution < 1.29 is 19.1 Å². The molecule has 1 aromatic carbocycles. The number of methoxy groups -OCH3 is 2. The van der Waals surface area contributed by atoms with Crippen LogP contribution in [0.1, 0.15) is 34.9 Å². The number of urea groups is 1. The first-order chi connectivity index (χ1) is 13.5. The number of aryl methyl sites for hydroxylation is 1. The molecule has 3 rings (SSSR count). The summed E-state index contributed by atoms with van der Waals surface area (Å²) >= 11 is 0. The van der Waals surface area contributed by atoms with Crippen LogP contribution in [-0.4, -0.2) is 48.6 Å². The fourth-order valence-electron chi connectivity index (χ4n) is 2.85. The third-order valence-corrected chi connectivity index (χ3v) is 4.48. The Balaban J connectivity index is 1.72. The summed E-state index contributed by atoms with van der Waals surface area (Å²) in [4.78, 5) is 24.9. The van der Waals surface area contributed by atoms with E-state index < -0.39 is 6.03 Å². The van der Waals surface area contributed by atoms with E-state index in [2.05, 4.69) is 21.0 Å². The van der Waals surface area contributed by atoms with E-state index in [1.807, 2.05) is 6.07 Å². The molecule has 1 atom stereocenters. The third-order valence-electron chi connectivity index (χ3n) is 4.48. The molecule has 2 aromatic rings. The van der Waals surface area contributed by atoms with Crippen LogP contribution in [-0.2, 0) is 11.8 Å². The van der Waals surface area contributed by atoms with E-state index in [0.717, 1.165) is 18.5 Å². The Morgan fingerprint density at radius 1 is 1.29 bits per heavy atom. The minimum atomic E-state index is -0.443. The van der Waals surface area contributed by atoms with Crippen LogP contribution in [0.2, 0.25) is 0 Å². The number of hydrogen-bond donors (Lipinski definition) is 3. The maximum absolute atomic E-state index is 12.6. The summed E-state index contributed by atoms with van der Waals surface area (Å²) < 4.78 is 12.2. The lowest BCUT2D eigenvalue weighted by Crippen LogP contribution is -2.36. The highest BCUT2D eigenvalue weighted by Gasteiger charge is 2.24. The van der Waals surface area contributed by atoms with Crippen molar-refractivity contribution in [2.45, 2.75) is 24.9 Å². The van der Waals surface area contributed by atoms with Crippen molar-refractivity contribution in [2.75, 3.05) is 26.1 Å². The van der Waals surface area contributed by atoms with Crippen LogP contribution in [0, 0.1) is 0 Å². The van der Waals surface area contributed by atoms with Gasteiger partial charge in [-0.3, -0.25) is 9.48 Å². The van der Waals surface area contributed by atoms with Crippen LogP contribution >= 0.6 is 0 Å². The Bertz CT molecular complexity index is 847. The van der Waals surface area contributed by atoms with Gasteiger partial charge in [0, 0.05) is 32.0 Å². The number of nitrogens with zero attached hydrogens (tertiary/aromatic N) is 2. The predicted octanol–water partition coefficient (Wildman–Crippen LogP) is 1.83. The molecule has 3 N–H and O–H groups in total. The van der Waals surface area contributed by atoms with Crippen LogP contribution in [0.4, 0.5) is 10.5 Å². The van der Waals surface area contributed by atoms with Crippen LogP contribution in [0.25, 0.3) is 0 Å². The van der Waals surface area contributed by atoms with Crippen molar-refractivity contribution in [1.82, 2.24) is 20.4 Å². The lowest BCUT2D eigenvalue weighted by molar-refractivity contribution is 0.0951. The van der Waals surface area contributed by atoms with Crippen LogP contribution in [0.5, 0.6) is 5.75 Å². The monoisotopic (exact) mass is 387 g/mol. The summed E-state index contributed by atoms with van der Waals surface area (Å²) in [5.41, 5.74) is 1.68. The molecule has 0 radical (unpaired) electrons. The number of nitrogens with one attached hydrogen (secondary N) is 3. The predicted molar refractivity (Wildman–Crippen MR) is 103 cm³/mol. The van der Waals surface area contributed by atoms with Crippen molar-refractivity contribution in [3.8, 4) is 5.75 Å². The highest BCUT2D eigenvalue weighted by molar-refractivity contribution is 5.98. The van der Waals surface area contributed by atoms with E-state index in [1.54, 1.807) is 43.2 Å². The number of carbonyl (C=O) groups is 2. The minimum Gasteiger partial charge on any atom is -0.495 e. The molecule has 1 saturated carbocycles. The van der Waals surface area contributed by atoms with E-state index in [0.29, 0.717) is 17.0 Å². The average molecular weight is 387 g/mol. The number of hydrogen-bond acceptors (Lipinski definition) is 5. The first-order valence-electron chi connectivity index (χ1n) is 9.05. The van der Waals surface area contributed by atoms with Crippen LogP contribution in [0.15, 0.2) is 30.5 Å². The second-order valence-corrected chi connectivity index (χ2v) is 6.65. The second kappa shape index (κ2) is 8.75. The molecule has 28 heavy (non-hydrogen) atoms. The zero-order valence-electron chi connectivity index (χ0n) is 16.2. The SMILES string of the molecule is COC[C@@H](NC(=O)Nc1cc(C(=O)NC2CC2)ccc1OC)c1ccnn1C. The summed E-state index contributed by atoms with van der Waals surface area (Å²) in [6.07, 6.45) is 3.66. The molecular weight excluding hydrogens is 362 g/mol. The van der Waals surface area contributed by atoms with E-state index in [9.17, 15) is 9.59 Å². The molecule has 1 aromatic heterocycles. The van der Waals surface area contributed by atoms with Gasteiger partial charge in [0.25, 0.3) is 5.91 Å². The molecule has 0 spiro atoms. The number of benzene rings is 1. The van der Waals surface area contributed by atoms with Gasteiger partial charge in [0.2, 0.25) is 0 Å². The number of amides is 3. The second-order valence-electron chi connectivity index (χ2n) is 6.65. The van der Waals surface area contributed by atoms with Gasteiger partial charge in [-0.1, -0.05) is 0 Å². The maximum atomic E-state index is 12.6. The maximum Gasteiger partial charge on any atom is 0.319 e. The number of carbonyl (C=O) groups excluding carboxylic acids is 2. The zero-order valence-corrected chi connectivity index (χ0v) is 16.2. The zero-order chi connectivity index (χ0) is 20.1. The highest BCUT2D eigenvalue weighted by atomic mass is 16.5. The van der Waals surface area contributed by atoms with Gasteiger partial charge in [0.1, 0.15) is 5.75 Å². The van der Waals surface area contributed by atoms with Crippen molar-refractivity contribution in [2.24, 2.45) is 7.05 Å². The Labute approximate surface area is 163 Å².